The van der Waals surface area contributed by atoms with Crippen LogP contribution in [-0.2, 0) is 27.8 Å². The van der Waals surface area contributed by atoms with Gasteiger partial charge in [-0.2, -0.15) is 4.72 Å². The van der Waals surface area contributed by atoms with Crippen molar-refractivity contribution in [1.29, 1.82) is 0 Å². The molecular formula is C30H30N2O5S. The minimum Gasteiger partial charge on any atom is -0.481 e. The highest BCUT2D eigenvalue weighted by Gasteiger charge is 2.27. The average Bonchev–Trinajstić information content (AvgIpc) is 3.21. The molecule has 1 heterocycles. The van der Waals surface area contributed by atoms with Crippen LogP contribution in [0.4, 0.5) is 0 Å². The molecule has 2 N–H and O–H groups in total. The van der Waals surface area contributed by atoms with Gasteiger partial charge >= 0.3 is 5.97 Å². The Hall–Kier alpha value is -4.06. The van der Waals surface area contributed by atoms with Gasteiger partial charge in [-0.25, -0.2) is 8.42 Å². The molecule has 0 spiro atoms. The highest BCUT2D eigenvalue weighted by atomic mass is 32.2. The highest BCUT2D eigenvalue weighted by Crippen LogP contribution is 2.26. The van der Waals surface area contributed by atoms with Crippen LogP contribution in [0.5, 0.6) is 5.75 Å². The van der Waals surface area contributed by atoms with Gasteiger partial charge in [-0.1, -0.05) is 41.8 Å². The summed E-state index contributed by atoms with van der Waals surface area (Å²) in [4.78, 5) is 12.1. The molecule has 0 aliphatic rings. The Bertz CT molecular complexity index is 1630. The summed E-state index contributed by atoms with van der Waals surface area (Å²) in [5.74, 6) is 4.70. The zero-order valence-electron chi connectivity index (χ0n) is 21.6. The summed E-state index contributed by atoms with van der Waals surface area (Å²) < 4.78 is 36.0. The number of aromatic nitrogens is 1. The third kappa shape index (κ3) is 6.25. The summed E-state index contributed by atoms with van der Waals surface area (Å²) >= 11 is 0. The molecular weight excluding hydrogens is 500 g/mol. The van der Waals surface area contributed by atoms with Crippen LogP contribution in [0.15, 0.2) is 77.8 Å². The number of hydrogen-bond acceptors (Lipinski definition) is 4. The van der Waals surface area contributed by atoms with E-state index < -0.39 is 22.0 Å². The molecule has 0 fully saturated rings. The Labute approximate surface area is 223 Å². The number of ether oxygens (including phenoxy) is 1. The van der Waals surface area contributed by atoms with E-state index in [1.165, 1.54) is 24.3 Å². The summed E-state index contributed by atoms with van der Waals surface area (Å²) in [7, 11) is -4.10. The van der Waals surface area contributed by atoms with E-state index in [-0.39, 0.29) is 17.9 Å². The molecule has 0 amide bonds. The van der Waals surface area contributed by atoms with Crippen molar-refractivity contribution in [1.82, 2.24) is 9.29 Å². The zero-order valence-corrected chi connectivity index (χ0v) is 22.4. The standard InChI is InChI=1S/C30H30N2O5S/c1-4-5-16-37-25-11-13-26(14-12-25)38(35,36)31-28(30(33)34)18-24-20-32(19-23-9-7-6-8-22(23)3)29-15-10-21(2)17-27(24)29/h6-15,17,20,28,31H,16,18-19H2,1-3H3,(H,33,34). The van der Waals surface area contributed by atoms with Crippen LogP contribution in [0, 0.1) is 25.7 Å². The fraction of sp³-hybridized carbons (Fsp3) is 0.233. The second-order valence-corrected chi connectivity index (χ2v) is 10.8. The molecule has 4 aromatic rings. The fourth-order valence-electron chi connectivity index (χ4n) is 4.31. The van der Waals surface area contributed by atoms with Gasteiger partial charge in [0.15, 0.2) is 0 Å². The van der Waals surface area contributed by atoms with Crippen molar-refractivity contribution in [3.8, 4) is 17.6 Å². The van der Waals surface area contributed by atoms with Crippen LogP contribution in [0.25, 0.3) is 10.9 Å². The number of hydrogen-bond donors (Lipinski definition) is 2. The SMILES string of the molecule is CC#CCOc1ccc(S(=O)(=O)NC(Cc2cn(Cc3ccccc3C)c3ccc(C)cc23)C(=O)O)cc1. The Morgan fingerprint density at radius 1 is 1.05 bits per heavy atom. The van der Waals surface area contributed by atoms with Gasteiger partial charge in [0, 0.05) is 30.1 Å². The van der Waals surface area contributed by atoms with Crippen LogP contribution in [-0.4, -0.2) is 36.7 Å². The van der Waals surface area contributed by atoms with Crippen LogP contribution in [0.3, 0.4) is 0 Å². The van der Waals surface area contributed by atoms with Gasteiger partial charge in [0.25, 0.3) is 0 Å². The molecule has 1 aromatic heterocycles. The Morgan fingerprint density at radius 2 is 1.79 bits per heavy atom. The molecule has 38 heavy (non-hydrogen) atoms. The number of fused-ring (bicyclic) bond motifs is 1. The van der Waals surface area contributed by atoms with E-state index in [1.54, 1.807) is 6.92 Å². The van der Waals surface area contributed by atoms with Gasteiger partial charge in [0.1, 0.15) is 18.4 Å². The minimum absolute atomic E-state index is 0.00777. The number of sulfonamides is 1. The van der Waals surface area contributed by atoms with Gasteiger partial charge in [-0.15, -0.1) is 5.92 Å². The summed E-state index contributed by atoms with van der Waals surface area (Å²) in [6, 6.07) is 18.6. The molecule has 8 heteroatoms. The van der Waals surface area contributed by atoms with Gasteiger partial charge in [-0.05, 0) is 73.9 Å². The quantitative estimate of drug-likeness (QED) is 0.290. The highest BCUT2D eigenvalue weighted by molar-refractivity contribution is 7.89. The maximum absolute atomic E-state index is 13.1. The van der Waals surface area contributed by atoms with E-state index in [2.05, 4.69) is 40.2 Å². The topological polar surface area (TPSA) is 97.6 Å². The molecule has 0 aliphatic carbocycles. The second-order valence-electron chi connectivity index (χ2n) is 9.13. The second kappa shape index (κ2) is 11.5. The fourth-order valence-corrected chi connectivity index (χ4v) is 5.50. The van der Waals surface area contributed by atoms with Crippen molar-refractivity contribution in [3.63, 3.8) is 0 Å². The summed E-state index contributed by atoms with van der Waals surface area (Å²) in [6.07, 6.45) is 1.91. The van der Waals surface area contributed by atoms with E-state index in [9.17, 15) is 18.3 Å². The van der Waals surface area contributed by atoms with Crippen LogP contribution >= 0.6 is 0 Å². The number of benzene rings is 3. The third-order valence-corrected chi connectivity index (χ3v) is 7.85. The summed E-state index contributed by atoms with van der Waals surface area (Å²) in [6.45, 7) is 6.54. The summed E-state index contributed by atoms with van der Waals surface area (Å²) in [5.41, 5.74) is 5.07. The van der Waals surface area contributed by atoms with Crippen molar-refractivity contribution < 1.29 is 23.1 Å². The van der Waals surface area contributed by atoms with Crippen molar-refractivity contribution >= 4 is 26.9 Å². The molecule has 4 rings (SSSR count). The first-order valence-corrected chi connectivity index (χ1v) is 13.7. The predicted octanol–water partition coefficient (Wildman–Crippen LogP) is 4.68. The first kappa shape index (κ1) is 27.0. The zero-order chi connectivity index (χ0) is 27.3. The van der Waals surface area contributed by atoms with E-state index in [0.717, 1.165) is 33.2 Å². The Morgan fingerprint density at radius 3 is 2.47 bits per heavy atom. The number of carboxylic acid groups (broad SMARTS) is 1. The van der Waals surface area contributed by atoms with Gasteiger partial charge < -0.3 is 14.4 Å². The lowest BCUT2D eigenvalue weighted by atomic mass is 10.0. The Kier molecular flexibility index (Phi) is 8.20. The molecule has 0 bridgehead atoms. The van der Waals surface area contributed by atoms with E-state index in [4.69, 9.17) is 4.74 Å². The number of carboxylic acids is 1. The van der Waals surface area contributed by atoms with E-state index in [1.807, 2.05) is 43.5 Å². The van der Waals surface area contributed by atoms with Crippen LogP contribution in [0.1, 0.15) is 29.2 Å². The van der Waals surface area contributed by atoms with Gasteiger partial charge in [0.2, 0.25) is 10.0 Å². The lowest BCUT2D eigenvalue weighted by Gasteiger charge is -2.15. The molecule has 0 saturated heterocycles. The molecule has 7 nitrogen and oxygen atoms in total. The van der Waals surface area contributed by atoms with Crippen molar-refractivity contribution in [3.05, 3.63) is 95.2 Å². The van der Waals surface area contributed by atoms with Crippen molar-refractivity contribution in [2.45, 2.75) is 44.7 Å². The lowest BCUT2D eigenvalue weighted by Crippen LogP contribution is -2.42. The average molecular weight is 531 g/mol. The van der Waals surface area contributed by atoms with Crippen LogP contribution in [0.2, 0.25) is 0 Å². The smallest absolute Gasteiger partial charge is 0.322 e. The number of aliphatic carboxylic acids is 1. The van der Waals surface area contributed by atoms with E-state index in [0.29, 0.717) is 12.3 Å². The lowest BCUT2D eigenvalue weighted by molar-refractivity contribution is -0.138. The van der Waals surface area contributed by atoms with Gasteiger partial charge in [0.05, 0.1) is 4.90 Å². The normalized spacial score (nSPS) is 12.1. The molecule has 0 radical (unpaired) electrons. The van der Waals surface area contributed by atoms with Crippen LogP contribution < -0.4 is 9.46 Å². The molecule has 0 aliphatic heterocycles. The molecule has 0 saturated carbocycles. The van der Waals surface area contributed by atoms with Gasteiger partial charge in [-0.3, -0.25) is 4.79 Å². The third-order valence-electron chi connectivity index (χ3n) is 6.36. The molecule has 1 unspecified atom stereocenters. The maximum Gasteiger partial charge on any atom is 0.322 e. The number of nitrogens with one attached hydrogen (secondary N) is 1. The monoisotopic (exact) mass is 530 g/mol. The number of aryl methyl sites for hydroxylation is 2. The largest absolute Gasteiger partial charge is 0.481 e. The summed E-state index contributed by atoms with van der Waals surface area (Å²) in [5, 5.41) is 10.9. The van der Waals surface area contributed by atoms with Crippen molar-refractivity contribution in [2.24, 2.45) is 0 Å². The first-order valence-electron chi connectivity index (χ1n) is 12.2. The number of rotatable bonds is 10. The first-order chi connectivity index (χ1) is 18.2. The molecule has 3 aromatic carbocycles. The Balaban J connectivity index is 1.60. The maximum atomic E-state index is 13.1. The minimum atomic E-state index is -4.10. The van der Waals surface area contributed by atoms with Crippen molar-refractivity contribution in [2.75, 3.05) is 6.61 Å². The molecule has 1 atom stereocenters. The number of nitrogens with zero attached hydrogens (tertiary/aromatic N) is 1. The predicted molar refractivity (Wildman–Crippen MR) is 148 cm³/mol. The molecule has 196 valence electrons. The number of carbonyl (C=O) groups is 1. The van der Waals surface area contributed by atoms with E-state index >= 15 is 0 Å².